The summed E-state index contributed by atoms with van der Waals surface area (Å²) in [5.74, 6) is -4.88. The third-order valence-electron chi connectivity index (χ3n) is 12.4. The van der Waals surface area contributed by atoms with Crippen molar-refractivity contribution in [1.29, 1.82) is 0 Å². The summed E-state index contributed by atoms with van der Waals surface area (Å²) >= 11 is 1.26. The number of cyclic esters (lactones) is 1. The summed E-state index contributed by atoms with van der Waals surface area (Å²) in [6.45, 7) is 13.1. The van der Waals surface area contributed by atoms with E-state index in [1.807, 2.05) is 63.2 Å². The molecule has 63 heavy (non-hydrogen) atoms. The van der Waals surface area contributed by atoms with Crippen molar-refractivity contribution in [2.75, 3.05) is 27.3 Å². The summed E-state index contributed by atoms with van der Waals surface area (Å²) in [6, 6.07) is 12.8. The Morgan fingerprint density at radius 2 is 1.76 bits per heavy atom. The lowest BCUT2D eigenvalue weighted by Gasteiger charge is -2.47. The number of aliphatic imine (C=N–C) groups is 1. The minimum Gasteiger partial charge on any atom is -0.459 e. The zero-order valence-corrected chi connectivity index (χ0v) is 39.0. The van der Waals surface area contributed by atoms with Crippen molar-refractivity contribution in [3.05, 3.63) is 57.8 Å². The molecular formula is C46H66N4O12S. The molecule has 3 N–H and O–H groups in total. The van der Waals surface area contributed by atoms with Gasteiger partial charge in [-0.2, -0.15) is 0 Å². The first-order valence-electron chi connectivity index (χ1n) is 21.8. The number of rotatable bonds is 10. The molecule has 1 aromatic heterocycles. The minimum absolute atomic E-state index is 0.0101. The lowest BCUT2D eigenvalue weighted by atomic mass is 9.76. The van der Waals surface area contributed by atoms with Gasteiger partial charge in [0.05, 0.1) is 42.0 Å². The van der Waals surface area contributed by atoms with E-state index in [2.05, 4.69) is 15.5 Å². The fraction of sp³-hybridized carbons (Fsp3) is 0.652. The van der Waals surface area contributed by atoms with Crippen molar-refractivity contribution < 1.29 is 57.9 Å². The van der Waals surface area contributed by atoms with Gasteiger partial charge >= 0.3 is 5.97 Å². The molecule has 2 aromatic rings. The number of Topliss-reactive ketones (excluding diaryl/α,β-unsaturated/α-hetero) is 1. The second-order valence-electron chi connectivity index (χ2n) is 17.8. The number of ketones is 1. The van der Waals surface area contributed by atoms with Gasteiger partial charge in [-0.25, -0.2) is 4.99 Å². The average Bonchev–Trinajstić information content (AvgIpc) is 3.71. The smallest absolute Gasteiger partial charge is 0.316 e. The average molecular weight is 899 g/mol. The predicted octanol–water partition coefficient (Wildman–Crippen LogP) is 4.87. The number of carbonyl (C=O) groups is 4. The zero-order valence-electron chi connectivity index (χ0n) is 38.2. The molecular weight excluding hydrogens is 833 g/mol. The molecule has 2 bridgehead atoms. The van der Waals surface area contributed by atoms with Crippen molar-refractivity contribution in [3.63, 3.8) is 0 Å². The molecule has 0 saturated carbocycles. The Balaban J connectivity index is 1.55. The lowest BCUT2D eigenvalue weighted by Crippen LogP contribution is -2.59. The van der Waals surface area contributed by atoms with Crippen molar-refractivity contribution in [1.82, 2.24) is 10.2 Å². The molecule has 3 aliphatic heterocycles. The summed E-state index contributed by atoms with van der Waals surface area (Å²) in [7, 11) is 3.72. The predicted molar refractivity (Wildman–Crippen MR) is 236 cm³/mol. The minimum atomic E-state index is -1.85. The number of nitrogens with zero attached hydrogens (tertiary/aromatic N) is 3. The number of amides is 2. The molecule has 1 aromatic carbocycles. The summed E-state index contributed by atoms with van der Waals surface area (Å²) in [5.41, 5.74) is -1.63. The van der Waals surface area contributed by atoms with Crippen molar-refractivity contribution in [2.24, 2.45) is 27.9 Å². The third kappa shape index (κ3) is 12.7. The van der Waals surface area contributed by atoms with Crippen molar-refractivity contribution >= 4 is 46.3 Å². The highest BCUT2D eigenvalue weighted by Crippen LogP contribution is 2.39. The van der Waals surface area contributed by atoms with Crippen LogP contribution in [0.25, 0.3) is 0 Å². The Bertz CT molecular complexity index is 1950. The van der Waals surface area contributed by atoms with Crippen molar-refractivity contribution in [3.8, 4) is 0 Å². The number of esters is 1. The molecule has 3 aliphatic rings. The molecule has 5 rings (SSSR count). The fourth-order valence-electron chi connectivity index (χ4n) is 8.65. The highest BCUT2D eigenvalue weighted by atomic mass is 32.1. The number of likely N-dealkylation sites (N-methyl/N-ethyl adjacent to an activating group) is 1. The molecule has 3 fully saturated rings. The molecule has 4 heterocycles. The number of carbonyl (C=O) groups excluding carboxylic acids is 4. The zero-order chi connectivity index (χ0) is 46.2. The number of aliphatic hydroxyl groups is 2. The maximum Gasteiger partial charge on any atom is 0.316 e. The standard InChI is InChI=1S/C46H66N4O12S/c1-11-37-46(8,56)38-20-34(48-30(6)51)26(2)21-45(7,41(28(4)39(52)29(5)43(55)61-37)62-44-40(53)35(50(9)10)19-27(3)60-44)58-24-32(23-57-38)49-59-25-33-17-18-36(63-33)42(54)47-22-31-15-13-12-14-16-31/h12-18,26-29,35,37-38,40-41,44,53,56H,11,19-25H2,1-10H3,(H,47,54)/b48-34?,49-32-/t26-,27-,28+,29-,35+,37-,38-,40-,41-,44+,45-,46-/m1/s1. The van der Waals surface area contributed by atoms with Crippen LogP contribution in [0.3, 0.4) is 0 Å². The molecule has 2 amide bonds. The van der Waals surface area contributed by atoms with Crippen LogP contribution in [0.2, 0.25) is 0 Å². The van der Waals surface area contributed by atoms with Gasteiger partial charge in [-0.05, 0) is 84.7 Å². The maximum atomic E-state index is 14.5. The first-order valence-corrected chi connectivity index (χ1v) is 22.6. The summed E-state index contributed by atoms with van der Waals surface area (Å²) in [5, 5.41) is 31.3. The van der Waals surface area contributed by atoms with Gasteiger partial charge in [-0.3, -0.25) is 19.2 Å². The van der Waals surface area contributed by atoms with E-state index in [4.69, 9.17) is 28.5 Å². The number of nitrogens with one attached hydrogen (secondary N) is 1. The van der Waals surface area contributed by atoms with Crippen LogP contribution in [0.15, 0.2) is 52.6 Å². The third-order valence-corrected chi connectivity index (χ3v) is 13.4. The van der Waals surface area contributed by atoms with Gasteiger partial charge in [0.15, 0.2) is 18.7 Å². The van der Waals surface area contributed by atoms with Gasteiger partial charge in [-0.15, -0.1) is 11.3 Å². The van der Waals surface area contributed by atoms with Crippen LogP contribution >= 0.6 is 11.3 Å². The number of fused-ring (bicyclic) bond motifs is 5. The van der Waals surface area contributed by atoms with Gasteiger partial charge in [0.1, 0.15) is 29.4 Å². The van der Waals surface area contributed by atoms with Crippen LogP contribution in [-0.4, -0.2) is 131 Å². The van der Waals surface area contributed by atoms with E-state index >= 15 is 0 Å². The number of oxime groups is 1. The van der Waals surface area contributed by atoms with Crippen LogP contribution in [0, 0.1) is 17.8 Å². The number of ether oxygens (including phenoxy) is 5. The highest BCUT2D eigenvalue weighted by molar-refractivity contribution is 7.14. The van der Waals surface area contributed by atoms with E-state index in [-0.39, 0.29) is 62.8 Å². The first kappa shape index (κ1) is 50.1. The fourth-order valence-corrected chi connectivity index (χ4v) is 9.48. The van der Waals surface area contributed by atoms with Crippen LogP contribution in [0.1, 0.15) is 101 Å². The van der Waals surface area contributed by atoms with Gasteiger partial charge in [0.25, 0.3) is 5.91 Å². The van der Waals surface area contributed by atoms with Crippen LogP contribution in [-0.2, 0) is 56.1 Å². The summed E-state index contributed by atoms with van der Waals surface area (Å²) < 4.78 is 32.3. The number of hydrogen-bond acceptors (Lipinski definition) is 15. The number of thiophene rings is 1. The van der Waals surface area contributed by atoms with E-state index in [0.29, 0.717) is 23.6 Å². The SMILES string of the molecule is CC[C@H]1OC(=O)[C@H](C)C(=O)[C@H](C)[C@@H](O[C@@H]2O[C@H](C)C[C@H](N(C)C)[C@H]2O)[C@@]2(C)C[C@@H](C)C(=NC(C)=O)C[C@@H](OC/C(=N/OCc3ccc(C(=O)NCc4ccccc4)s3)CO2)[C@]1(C)O. The number of aliphatic hydroxyl groups excluding tert-OH is 1. The number of hydrogen-bond donors (Lipinski definition) is 3. The van der Waals surface area contributed by atoms with Crippen LogP contribution < -0.4 is 5.32 Å². The second-order valence-corrected chi connectivity index (χ2v) is 19.0. The van der Waals surface area contributed by atoms with Gasteiger partial charge in [-0.1, -0.05) is 56.3 Å². The maximum absolute atomic E-state index is 14.5. The van der Waals surface area contributed by atoms with E-state index < -0.39 is 77.3 Å². The van der Waals surface area contributed by atoms with Gasteiger partial charge in [0, 0.05) is 42.4 Å². The van der Waals surface area contributed by atoms with Crippen LogP contribution in [0.5, 0.6) is 0 Å². The molecule has 12 atom stereocenters. The Morgan fingerprint density at radius 1 is 1.05 bits per heavy atom. The van der Waals surface area contributed by atoms with Crippen molar-refractivity contribution in [2.45, 2.75) is 148 Å². The lowest BCUT2D eigenvalue weighted by molar-refractivity contribution is -0.296. The second kappa shape index (κ2) is 21.8. The molecule has 0 unspecified atom stereocenters. The monoisotopic (exact) mass is 898 g/mol. The molecule has 0 spiro atoms. The largest absolute Gasteiger partial charge is 0.459 e. The molecule has 3 saturated heterocycles. The van der Waals surface area contributed by atoms with E-state index in [9.17, 15) is 29.4 Å². The molecule has 17 heteroatoms. The molecule has 16 nitrogen and oxygen atoms in total. The highest BCUT2D eigenvalue weighted by Gasteiger charge is 2.52. The van der Waals surface area contributed by atoms with Crippen LogP contribution in [0.4, 0.5) is 0 Å². The Labute approximate surface area is 374 Å². The van der Waals surface area contributed by atoms with E-state index in [1.54, 1.807) is 32.9 Å². The van der Waals surface area contributed by atoms with Gasteiger partial charge < -0.3 is 49.0 Å². The number of benzene rings is 1. The Morgan fingerprint density at radius 3 is 2.43 bits per heavy atom. The first-order chi connectivity index (χ1) is 29.7. The summed E-state index contributed by atoms with van der Waals surface area (Å²) in [6.07, 6.45) is -5.24. The summed E-state index contributed by atoms with van der Waals surface area (Å²) in [4.78, 5) is 67.4. The molecule has 0 aliphatic carbocycles. The van der Waals surface area contributed by atoms with E-state index in [1.165, 1.54) is 32.1 Å². The van der Waals surface area contributed by atoms with E-state index in [0.717, 1.165) is 10.4 Å². The normalized spacial score (nSPS) is 35.1. The Hall–Kier alpha value is -3.94. The topological polar surface area (TPSA) is 204 Å². The Kier molecular flexibility index (Phi) is 17.3. The molecule has 0 radical (unpaired) electrons. The van der Waals surface area contributed by atoms with Gasteiger partial charge in [0.2, 0.25) is 5.91 Å². The quantitative estimate of drug-likeness (QED) is 0.166. The molecule has 348 valence electrons.